The lowest BCUT2D eigenvalue weighted by Crippen LogP contribution is -2.52. The minimum Gasteiger partial charge on any atom is -0.395 e. The van der Waals surface area contributed by atoms with Gasteiger partial charge in [-0.3, -0.25) is 4.90 Å². The fourth-order valence-corrected chi connectivity index (χ4v) is 3.29. The van der Waals surface area contributed by atoms with Gasteiger partial charge in [-0.05, 0) is 44.1 Å². The fraction of sp³-hybridized carbons (Fsp3) is 1.00. The summed E-state index contributed by atoms with van der Waals surface area (Å²) >= 11 is 0. The van der Waals surface area contributed by atoms with Crippen molar-refractivity contribution in [3.8, 4) is 0 Å². The maximum absolute atomic E-state index is 8.95. The number of aliphatic hydroxyl groups excluding tert-OH is 1. The van der Waals surface area contributed by atoms with Gasteiger partial charge in [0, 0.05) is 19.1 Å². The minimum atomic E-state index is 0.310. The largest absolute Gasteiger partial charge is 0.395 e. The van der Waals surface area contributed by atoms with Crippen molar-refractivity contribution in [1.29, 1.82) is 0 Å². The summed E-state index contributed by atoms with van der Waals surface area (Å²) in [4.78, 5) is 2.47. The Bertz CT molecular complexity index is 166. The highest BCUT2D eigenvalue weighted by atomic mass is 16.3. The molecule has 0 aromatic rings. The lowest BCUT2D eigenvalue weighted by Gasteiger charge is -2.49. The van der Waals surface area contributed by atoms with Gasteiger partial charge in [0.05, 0.1) is 6.61 Å². The molecule has 3 rings (SSSR count). The normalized spacial score (nSPS) is 37.7. The van der Waals surface area contributed by atoms with Crippen LogP contribution in [0.3, 0.4) is 0 Å². The summed E-state index contributed by atoms with van der Waals surface area (Å²) in [6.45, 7) is 3.23. The zero-order valence-corrected chi connectivity index (χ0v) is 8.86. The van der Waals surface area contributed by atoms with E-state index >= 15 is 0 Å². The van der Waals surface area contributed by atoms with Gasteiger partial charge in [0.1, 0.15) is 0 Å². The molecular formula is C11H22N2O. The summed E-state index contributed by atoms with van der Waals surface area (Å²) < 4.78 is 0. The van der Waals surface area contributed by atoms with Crippen LogP contribution in [0.25, 0.3) is 0 Å². The second-order valence-corrected chi connectivity index (χ2v) is 4.78. The molecule has 2 heterocycles. The number of nitrogens with zero attached hydrogens (tertiary/aromatic N) is 1. The Morgan fingerprint density at radius 3 is 2.79 bits per heavy atom. The van der Waals surface area contributed by atoms with Gasteiger partial charge in [0.15, 0.2) is 0 Å². The van der Waals surface area contributed by atoms with Crippen molar-refractivity contribution >= 4 is 0 Å². The molecule has 0 amide bonds. The molecule has 0 spiro atoms. The molecule has 0 radical (unpaired) electrons. The Kier molecular flexibility index (Phi) is 3.42. The van der Waals surface area contributed by atoms with Gasteiger partial charge < -0.3 is 10.8 Å². The first-order valence-electron chi connectivity index (χ1n) is 5.90. The van der Waals surface area contributed by atoms with Gasteiger partial charge in [0.25, 0.3) is 0 Å². The number of hydrogen-bond acceptors (Lipinski definition) is 3. The van der Waals surface area contributed by atoms with E-state index in [1.165, 1.54) is 32.2 Å². The smallest absolute Gasteiger partial charge is 0.0558 e. The summed E-state index contributed by atoms with van der Waals surface area (Å²) in [5.41, 5.74) is 5.63. The fourth-order valence-electron chi connectivity index (χ4n) is 3.29. The highest BCUT2D eigenvalue weighted by molar-refractivity contribution is 4.92. The molecule has 3 unspecified atom stereocenters. The molecule has 1 aliphatic carbocycles. The van der Waals surface area contributed by atoms with Crippen molar-refractivity contribution in [2.75, 3.05) is 26.2 Å². The molecule has 0 aromatic carbocycles. The average Bonchev–Trinajstić information content (AvgIpc) is 2.21. The number of aliphatic hydroxyl groups is 1. The molecule has 2 aliphatic heterocycles. The SMILES string of the molecule is NCCC1CC2CCC1CN2CCO. The number of hydrogen-bond donors (Lipinski definition) is 2. The van der Waals surface area contributed by atoms with Gasteiger partial charge >= 0.3 is 0 Å². The summed E-state index contributed by atoms with van der Waals surface area (Å²) in [5.74, 6) is 1.73. The zero-order chi connectivity index (χ0) is 9.97. The molecule has 3 atom stereocenters. The van der Waals surface area contributed by atoms with E-state index in [0.717, 1.165) is 31.0 Å². The lowest BCUT2D eigenvalue weighted by atomic mass is 9.71. The maximum Gasteiger partial charge on any atom is 0.0558 e. The second kappa shape index (κ2) is 4.60. The first kappa shape index (κ1) is 10.4. The summed E-state index contributed by atoms with van der Waals surface area (Å²) in [5, 5.41) is 8.95. The van der Waals surface area contributed by atoms with Crippen molar-refractivity contribution < 1.29 is 5.11 Å². The topological polar surface area (TPSA) is 49.5 Å². The molecule has 82 valence electrons. The first-order chi connectivity index (χ1) is 6.85. The quantitative estimate of drug-likeness (QED) is 0.688. The van der Waals surface area contributed by atoms with Crippen LogP contribution >= 0.6 is 0 Å². The van der Waals surface area contributed by atoms with E-state index in [4.69, 9.17) is 10.8 Å². The van der Waals surface area contributed by atoms with Gasteiger partial charge in [-0.25, -0.2) is 0 Å². The standard InChI is InChI=1S/C11H22N2O/c12-4-3-9-7-11-2-1-10(9)8-13(11)5-6-14/h9-11,14H,1-8,12H2. The predicted octanol–water partition coefficient (Wildman–Crippen LogP) is 0.428. The van der Waals surface area contributed by atoms with Crippen LogP contribution in [0.2, 0.25) is 0 Å². The Morgan fingerprint density at radius 1 is 1.36 bits per heavy atom. The van der Waals surface area contributed by atoms with E-state index in [9.17, 15) is 0 Å². The van der Waals surface area contributed by atoms with Crippen LogP contribution in [-0.2, 0) is 0 Å². The zero-order valence-electron chi connectivity index (χ0n) is 8.86. The molecule has 3 nitrogen and oxygen atoms in total. The van der Waals surface area contributed by atoms with E-state index in [2.05, 4.69) is 4.90 Å². The van der Waals surface area contributed by atoms with Crippen LogP contribution in [-0.4, -0.2) is 42.3 Å². The Balaban J connectivity index is 1.91. The van der Waals surface area contributed by atoms with Crippen LogP contribution < -0.4 is 5.73 Å². The lowest BCUT2D eigenvalue weighted by molar-refractivity contribution is -0.00518. The highest BCUT2D eigenvalue weighted by Crippen LogP contribution is 2.40. The Labute approximate surface area is 86.3 Å². The van der Waals surface area contributed by atoms with Crippen molar-refractivity contribution in [3.05, 3.63) is 0 Å². The van der Waals surface area contributed by atoms with Crippen molar-refractivity contribution in [3.63, 3.8) is 0 Å². The number of rotatable bonds is 4. The van der Waals surface area contributed by atoms with E-state index in [1.54, 1.807) is 0 Å². The first-order valence-corrected chi connectivity index (χ1v) is 5.90. The van der Waals surface area contributed by atoms with Gasteiger partial charge in [-0.1, -0.05) is 0 Å². The maximum atomic E-state index is 8.95. The Morgan fingerprint density at radius 2 is 2.21 bits per heavy atom. The van der Waals surface area contributed by atoms with Crippen LogP contribution in [0.15, 0.2) is 0 Å². The van der Waals surface area contributed by atoms with Crippen LogP contribution in [0.5, 0.6) is 0 Å². The molecule has 2 bridgehead atoms. The van der Waals surface area contributed by atoms with E-state index in [-0.39, 0.29) is 0 Å². The number of fused-ring (bicyclic) bond motifs is 3. The molecule has 3 N–H and O–H groups in total. The summed E-state index contributed by atoms with van der Waals surface area (Å²) in [7, 11) is 0. The van der Waals surface area contributed by atoms with Crippen molar-refractivity contribution in [2.24, 2.45) is 17.6 Å². The third-order valence-corrected chi connectivity index (χ3v) is 4.02. The monoisotopic (exact) mass is 198 g/mol. The van der Waals surface area contributed by atoms with Crippen molar-refractivity contribution in [2.45, 2.75) is 31.7 Å². The van der Waals surface area contributed by atoms with Crippen molar-refractivity contribution in [1.82, 2.24) is 4.90 Å². The molecule has 1 saturated carbocycles. The number of nitrogens with two attached hydrogens (primary N) is 1. The van der Waals surface area contributed by atoms with Crippen LogP contribution in [0.4, 0.5) is 0 Å². The third kappa shape index (κ3) is 1.95. The molecule has 3 aliphatic rings. The molecule has 2 saturated heterocycles. The molecule has 3 fully saturated rings. The van der Waals surface area contributed by atoms with Crippen LogP contribution in [0, 0.1) is 11.8 Å². The predicted molar refractivity (Wildman–Crippen MR) is 56.9 cm³/mol. The summed E-state index contributed by atoms with van der Waals surface area (Å²) in [6, 6.07) is 0.740. The van der Waals surface area contributed by atoms with E-state index in [1.807, 2.05) is 0 Å². The third-order valence-electron chi connectivity index (χ3n) is 4.02. The number of piperidine rings is 2. The summed E-state index contributed by atoms with van der Waals surface area (Å²) in [6.07, 6.45) is 5.25. The van der Waals surface area contributed by atoms with Gasteiger partial charge in [-0.15, -0.1) is 0 Å². The van der Waals surface area contributed by atoms with Crippen LogP contribution in [0.1, 0.15) is 25.7 Å². The molecular weight excluding hydrogens is 176 g/mol. The van der Waals surface area contributed by atoms with Gasteiger partial charge in [-0.2, -0.15) is 0 Å². The minimum absolute atomic E-state index is 0.310. The average molecular weight is 198 g/mol. The molecule has 14 heavy (non-hydrogen) atoms. The van der Waals surface area contributed by atoms with E-state index < -0.39 is 0 Å². The second-order valence-electron chi connectivity index (χ2n) is 4.78. The van der Waals surface area contributed by atoms with Gasteiger partial charge in [0.2, 0.25) is 0 Å². The molecule has 3 heteroatoms. The Hall–Kier alpha value is -0.120. The highest BCUT2D eigenvalue weighted by Gasteiger charge is 2.39. The molecule has 0 aromatic heterocycles. The van der Waals surface area contributed by atoms with E-state index in [0.29, 0.717) is 6.61 Å².